The number of rotatable bonds is 8. The van der Waals surface area contributed by atoms with Gasteiger partial charge in [0.25, 0.3) is 0 Å². The average Bonchev–Trinajstić information content (AvgIpc) is 3.19. The fourth-order valence-electron chi connectivity index (χ4n) is 2.94. The molecule has 2 aromatic rings. The third-order valence-corrected chi connectivity index (χ3v) is 4.52. The van der Waals surface area contributed by atoms with E-state index in [2.05, 4.69) is 36.8 Å². The van der Waals surface area contributed by atoms with E-state index in [1.807, 2.05) is 13.8 Å². The van der Waals surface area contributed by atoms with E-state index in [0.717, 1.165) is 28.9 Å². The number of hydrogen-bond donors (Lipinski definition) is 1. The first-order chi connectivity index (χ1) is 12.0. The van der Waals surface area contributed by atoms with Gasteiger partial charge in [0.1, 0.15) is 6.33 Å². The van der Waals surface area contributed by atoms with Gasteiger partial charge in [-0.15, -0.1) is 22.5 Å². The molecular formula is C17H21N7O. The van der Waals surface area contributed by atoms with Gasteiger partial charge < -0.3 is 5.32 Å². The van der Waals surface area contributed by atoms with Crippen LogP contribution in [0.2, 0.25) is 0 Å². The third kappa shape index (κ3) is 3.82. The highest BCUT2D eigenvalue weighted by Gasteiger charge is 2.38. The highest BCUT2D eigenvalue weighted by molar-refractivity contribution is 5.76. The van der Waals surface area contributed by atoms with Crippen molar-refractivity contribution in [2.24, 2.45) is 10.2 Å². The normalized spacial score (nSPS) is 14.4. The average molecular weight is 339 g/mol. The van der Waals surface area contributed by atoms with E-state index in [1.165, 1.54) is 0 Å². The molecule has 0 atom stereocenters. The first-order valence-corrected chi connectivity index (χ1v) is 8.35. The van der Waals surface area contributed by atoms with Crippen LogP contribution in [0.25, 0.3) is 5.65 Å². The van der Waals surface area contributed by atoms with E-state index in [4.69, 9.17) is 6.42 Å². The Bertz CT molecular complexity index is 856. The van der Waals surface area contributed by atoms with Crippen molar-refractivity contribution in [3.63, 3.8) is 0 Å². The molecule has 3 rings (SSSR count). The number of aryl methyl sites for hydroxylation is 2. The second kappa shape index (κ2) is 6.97. The van der Waals surface area contributed by atoms with E-state index >= 15 is 0 Å². The quantitative estimate of drug-likeness (QED) is 0.741. The van der Waals surface area contributed by atoms with Gasteiger partial charge in [0.05, 0.1) is 5.69 Å². The van der Waals surface area contributed by atoms with Crippen molar-refractivity contribution in [3.8, 4) is 12.3 Å². The van der Waals surface area contributed by atoms with Crippen molar-refractivity contribution in [1.82, 2.24) is 25.1 Å². The number of carbonyl (C=O) groups is 1. The van der Waals surface area contributed by atoms with Gasteiger partial charge in [0.15, 0.2) is 11.3 Å². The number of amides is 1. The van der Waals surface area contributed by atoms with Crippen LogP contribution in [0.4, 0.5) is 0 Å². The van der Waals surface area contributed by atoms with Crippen LogP contribution in [0, 0.1) is 26.2 Å². The second-order valence-corrected chi connectivity index (χ2v) is 6.27. The molecule has 1 aliphatic rings. The Balaban J connectivity index is 1.49. The van der Waals surface area contributed by atoms with Crippen molar-refractivity contribution in [2.75, 3.05) is 6.54 Å². The predicted molar refractivity (Wildman–Crippen MR) is 91.9 cm³/mol. The minimum Gasteiger partial charge on any atom is -0.356 e. The number of aromatic nitrogens is 4. The van der Waals surface area contributed by atoms with Crippen molar-refractivity contribution in [1.29, 1.82) is 0 Å². The smallest absolute Gasteiger partial charge is 0.220 e. The lowest BCUT2D eigenvalue weighted by atomic mass is 10.0. The summed E-state index contributed by atoms with van der Waals surface area (Å²) in [6, 6.07) is 0. The molecule has 0 unspecified atom stereocenters. The van der Waals surface area contributed by atoms with Gasteiger partial charge in [0.2, 0.25) is 5.91 Å². The molecule has 0 radical (unpaired) electrons. The zero-order chi connectivity index (χ0) is 17.9. The van der Waals surface area contributed by atoms with Gasteiger partial charge in [-0.1, -0.05) is 0 Å². The van der Waals surface area contributed by atoms with Crippen LogP contribution in [-0.4, -0.2) is 37.9 Å². The van der Waals surface area contributed by atoms with Crippen molar-refractivity contribution in [3.05, 3.63) is 23.1 Å². The molecule has 8 nitrogen and oxygen atoms in total. The van der Waals surface area contributed by atoms with Gasteiger partial charge in [-0.05, 0) is 25.8 Å². The molecule has 0 saturated carbocycles. The second-order valence-electron chi connectivity index (χ2n) is 6.27. The zero-order valence-corrected chi connectivity index (χ0v) is 14.5. The maximum Gasteiger partial charge on any atom is 0.220 e. The summed E-state index contributed by atoms with van der Waals surface area (Å²) in [5.74, 6) is 2.61. The number of nitrogens with zero attached hydrogens (tertiary/aromatic N) is 6. The van der Waals surface area contributed by atoms with E-state index in [9.17, 15) is 4.79 Å². The molecule has 2 aromatic heterocycles. The SMILES string of the molecule is C#CCCC1(CCNC(=O)CCc2c(C)nn3cnnc3c2C)N=N1. The zero-order valence-electron chi connectivity index (χ0n) is 14.5. The standard InChI is InChI=1S/C17H21N7O/c1-4-5-8-17(22-23-17)9-10-18-15(25)7-6-14-12(2)16-20-19-11-24(16)21-13(14)3/h1,11H,5-10H2,2-3H3,(H,18,25). The molecule has 0 aliphatic carbocycles. The van der Waals surface area contributed by atoms with E-state index in [-0.39, 0.29) is 11.6 Å². The Kier molecular flexibility index (Phi) is 4.74. The molecule has 1 amide bonds. The molecule has 0 bridgehead atoms. The fourth-order valence-corrected chi connectivity index (χ4v) is 2.94. The monoisotopic (exact) mass is 339 g/mol. The number of hydrogen-bond acceptors (Lipinski definition) is 6. The molecule has 0 fully saturated rings. The van der Waals surface area contributed by atoms with E-state index < -0.39 is 0 Å². The maximum absolute atomic E-state index is 12.1. The lowest BCUT2D eigenvalue weighted by Gasteiger charge is -2.11. The Morgan fingerprint density at radius 1 is 1.36 bits per heavy atom. The van der Waals surface area contributed by atoms with Crippen LogP contribution in [0.15, 0.2) is 16.6 Å². The summed E-state index contributed by atoms with van der Waals surface area (Å²) >= 11 is 0. The molecule has 3 heterocycles. The largest absolute Gasteiger partial charge is 0.356 e. The fraction of sp³-hybridized carbons (Fsp3) is 0.529. The van der Waals surface area contributed by atoms with E-state index in [0.29, 0.717) is 32.2 Å². The third-order valence-electron chi connectivity index (χ3n) is 4.52. The van der Waals surface area contributed by atoms with Gasteiger partial charge in [-0.3, -0.25) is 4.79 Å². The summed E-state index contributed by atoms with van der Waals surface area (Å²) in [6.07, 6.45) is 9.97. The van der Waals surface area contributed by atoms with Crippen LogP contribution in [0.5, 0.6) is 0 Å². The topological polar surface area (TPSA) is 96.9 Å². The Morgan fingerprint density at radius 3 is 2.88 bits per heavy atom. The Morgan fingerprint density at radius 2 is 2.16 bits per heavy atom. The molecular weight excluding hydrogens is 318 g/mol. The summed E-state index contributed by atoms with van der Waals surface area (Å²) < 4.78 is 1.66. The molecule has 25 heavy (non-hydrogen) atoms. The van der Waals surface area contributed by atoms with Gasteiger partial charge in [-0.25, -0.2) is 4.52 Å². The highest BCUT2D eigenvalue weighted by atomic mass is 16.1. The minimum atomic E-state index is -0.352. The Labute approximate surface area is 146 Å². The lowest BCUT2D eigenvalue weighted by Crippen LogP contribution is -2.28. The van der Waals surface area contributed by atoms with Gasteiger partial charge in [-0.2, -0.15) is 15.3 Å². The van der Waals surface area contributed by atoms with Crippen LogP contribution in [0.3, 0.4) is 0 Å². The summed E-state index contributed by atoms with van der Waals surface area (Å²) in [5, 5.41) is 23.4. The lowest BCUT2D eigenvalue weighted by molar-refractivity contribution is -0.121. The van der Waals surface area contributed by atoms with Crippen LogP contribution in [0.1, 0.15) is 42.5 Å². The van der Waals surface area contributed by atoms with Crippen molar-refractivity contribution in [2.45, 2.75) is 51.6 Å². The summed E-state index contributed by atoms with van der Waals surface area (Å²) in [4.78, 5) is 12.1. The maximum atomic E-state index is 12.1. The number of terminal acetylenes is 1. The minimum absolute atomic E-state index is 0.00731. The number of carbonyl (C=O) groups excluding carboxylic acids is 1. The van der Waals surface area contributed by atoms with Crippen LogP contribution < -0.4 is 5.32 Å². The summed E-state index contributed by atoms with van der Waals surface area (Å²) in [6.45, 7) is 4.47. The molecule has 1 N–H and O–H groups in total. The molecule has 130 valence electrons. The van der Waals surface area contributed by atoms with Crippen LogP contribution >= 0.6 is 0 Å². The van der Waals surface area contributed by atoms with Gasteiger partial charge >= 0.3 is 0 Å². The predicted octanol–water partition coefficient (Wildman–Crippen LogP) is 1.76. The molecule has 0 saturated heterocycles. The summed E-state index contributed by atoms with van der Waals surface area (Å²) in [5.41, 5.74) is 3.33. The first kappa shape index (κ1) is 17.0. The molecule has 0 aromatic carbocycles. The van der Waals surface area contributed by atoms with Gasteiger partial charge in [0, 0.05) is 37.8 Å². The molecule has 8 heteroatoms. The first-order valence-electron chi connectivity index (χ1n) is 8.35. The van der Waals surface area contributed by atoms with E-state index in [1.54, 1.807) is 10.8 Å². The molecule has 1 aliphatic heterocycles. The molecule has 0 spiro atoms. The summed E-state index contributed by atoms with van der Waals surface area (Å²) in [7, 11) is 0. The van der Waals surface area contributed by atoms with Crippen molar-refractivity contribution >= 4 is 11.6 Å². The highest BCUT2D eigenvalue weighted by Crippen LogP contribution is 2.36. The van der Waals surface area contributed by atoms with Crippen molar-refractivity contribution < 1.29 is 4.79 Å². The Hall–Kier alpha value is -2.82. The van der Waals surface area contributed by atoms with Crippen LogP contribution in [-0.2, 0) is 11.2 Å². The number of fused-ring (bicyclic) bond motifs is 1. The number of nitrogens with one attached hydrogen (secondary N) is 1.